The summed E-state index contributed by atoms with van der Waals surface area (Å²) in [5, 5.41) is 4.03. The molecule has 0 aliphatic heterocycles. The number of aryl methyl sites for hydroxylation is 1. The lowest BCUT2D eigenvalue weighted by Crippen LogP contribution is -1.98. The van der Waals surface area contributed by atoms with Crippen LogP contribution in [0, 0.1) is 0 Å². The Balaban J connectivity index is 2.08. The lowest BCUT2D eigenvalue weighted by Gasteiger charge is -2.08. The van der Waals surface area contributed by atoms with Crippen LogP contribution in [0.15, 0.2) is 29.4 Å². The number of ether oxygens (including phenoxy) is 1. The van der Waals surface area contributed by atoms with Gasteiger partial charge in [-0.15, -0.1) is 11.8 Å². The van der Waals surface area contributed by atoms with E-state index in [-0.39, 0.29) is 0 Å². The van der Waals surface area contributed by atoms with Gasteiger partial charge in [0.05, 0.1) is 12.4 Å². The van der Waals surface area contributed by atoms with Crippen molar-refractivity contribution >= 4 is 17.4 Å². The summed E-state index contributed by atoms with van der Waals surface area (Å²) in [5.74, 6) is 2.49. The van der Waals surface area contributed by atoms with Gasteiger partial charge in [0, 0.05) is 17.6 Å². The van der Waals surface area contributed by atoms with Crippen molar-refractivity contribution in [3.05, 3.63) is 30.4 Å². The molecule has 0 unspecified atom stereocenters. The lowest BCUT2D eigenvalue weighted by atomic mass is 10.3. The van der Waals surface area contributed by atoms with Crippen LogP contribution in [-0.4, -0.2) is 21.4 Å². The minimum atomic E-state index is 0.650. The first-order valence-electron chi connectivity index (χ1n) is 5.68. The van der Waals surface area contributed by atoms with E-state index < -0.39 is 0 Å². The fourth-order valence-electron chi connectivity index (χ4n) is 1.49. The Labute approximate surface area is 110 Å². The van der Waals surface area contributed by atoms with E-state index in [0.29, 0.717) is 6.61 Å². The first-order valence-corrected chi connectivity index (χ1v) is 6.67. The van der Waals surface area contributed by atoms with Crippen LogP contribution in [0.3, 0.4) is 0 Å². The van der Waals surface area contributed by atoms with E-state index in [9.17, 15) is 0 Å². The summed E-state index contributed by atoms with van der Waals surface area (Å²) in [6, 6.07) is 5.70. The molecule has 1 aromatic carbocycles. The molecule has 0 atom stereocenters. The molecule has 5 nitrogen and oxygen atoms in total. The third kappa shape index (κ3) is 2.95. The molecule has 0 amide bonds. The van der Waals surface area contributed by atoms with Crippen molar-refractivity contribution in [3.63, 3.8) is 0 Å². The highest BCUT2D eigenvalue weighted by atomic mass is 32.2. The van der Waals surface area contributed by atoms with Gasteiger partial charge in [0.1, 0.15) is 17.9 Å². The molecule has 0 spiro atoms. The number of nitrogen functional groups attached to an aromatic ring is 1. The molecule has 1 aromatic heterocycles. The summed E-state index contributed by atoms with van der Waals surface area (Å²) < 4.78 is 7.22. The van der Waals surface area contributed by atoms with E-state index in [1.54, 1.807) is 22.8 Å². The molecule has 96 valence electrons. The predicted octanol–water partition coefficient (Wildman–Crippen LogP) is 2.09. The molecule has 1 heterocycles. The first-order chi connectivity index (χ1) is 8.70. The highest BCUT2D eigenvalue weighted by Crippen LogP contribution is 2.31. The molecule has 0 aliphatic carbocycles. The third-order valence-electron chi connectivity index (χ3n) is 2.46. The highest BCUT2D eigenvalue weighted by molar-refractivity contribution is 7.98. The maximum absolute atomic E-state index is 5.94. The largest absolute Gasteiger partial charge is 0.494 e. The minimum absolute atomic E-state index is 0.650. The minimum Gasteiger partial charge on any atom is -0.494 e. The second-order valence-electron chi connectivity index (χ2n) is 3.72. The summed E-state index contributed by atoms with van der Waals surface area (Å²) in [7, 11) is 1.88. The molecule has 0 radical (unpaired) electrons. The van der Waals surface area contributed by atoms with Gasteiger partial charge in [-0.25, -0.2) is 4.98 Å². The summed E-state index contributed by atoms with van der Waals surface area (Å²) >= 11 is 1.63. The number of nitrogens with two attached hydrogens (primary N) is 1. The van der Waals surface area contributed by atoms with Gasteiger partial charge in [0.2, 0.25) is 0 Å². The van der Waals surface area contributed by atoms with Gasteiger partial charge in [-0.1, -0.05) is 0 Å². The van der Waals surface area contributed by atoms with Crippen molar-refractivity contribution in [3.8, 4) is 5.75 Å². The van der Waals surface area contributed by atoms with E-state index in [1.807, 2.05) is 32.2 Å². The number of hydrogen-bond acceptors (Lipinski definition) is 5. The molecular weight excluding hydrogens is 248 g/mol. The molecule has 0 aliphatic rings. The Morgan fingerprint density at radius 2 is 2.28 bits per heavy atom. The Morgan fingerprint density at radius 1 is 1.44 bits per heavy atom. The molecule has 0 fully saturated rings. The second kappa shape index (κ2) is 5.77. The SMILES string of the molecule is CCOc1ccc(N)c(SCc2ncnn2C)c1. The smallest absolute Gasteiger partial charge is 0.138 e. The van der Waals surface area contributed by atoms with Crippen LogP contribution in [-0.2, 0) is 12.8 Å². The van der Waals surface area contributed by atoms with Gasteiger partial charge in [0.25, 0.3) is 0 Å². The fourth-order valence-corrected chi connectivity index (χ4v) is 2.47. The molecule has 2 N–H and O–H groups in total. The van der Waals surface area contributed by atoms with Crippen molar-refractivity contribution in [2.45, 2.75) is 17.6 Å². The lowest BCUT2D eigenvalue weighted by molar-refractivity contribution is 0.339. The van der Waals surface area contributed by atoms with Crippen molar-refractivity contribution < 1.29 is 4.74 Å². The molecule has 0 saturated heterocycles. The number of aromatic nitrogens is 3. The van der Waals surface area contributed by atoms with Crippen LogP contribution >= 0.6 is 11.8 Å². The second-order valence-corrected chi connectivity index (χ2v) is 4.74. The van der Waals surface area contributed by atoms with Crippen molar-refractivity contribution in [1.29, 1.82) is 0 Å². The van der Waals surface area contributed by atoms with Crippen LogP contribution in [0.4, 0.5) is 5.69 Å². The van der Waals surface area contributed by atoms with Gasteiger partial charge in [-0.3, -0.25) is 4.68 Å². The Kier molecular flexibility index (Phi) is 4.09. The number of anilines is 1. The summed E-state index contributed by atoms with van der Waals surface area (Å²) in [5.41, 5.74) is 6.70. The summed E-state index contributed by atoms with van der Waals surface area (Å²) in [6.07, 6.45) is 1.55. The summed E-state index contributed by atoms with van der Waals surface area (Å²) in [6.45, 7) is 2.61. The standard InChI is InChI=1S/C12H16N4OS/c1-3-17-9-4-5-10(13)11(6-9)18-7-12-14-8-15-16(12)2/h4-6,8H,3,7,13H2,1-2H3. The summed E-state index contributed by atoms with van der Waals surface area (Å²) in [4.78, 5) is 5.18. The van der Waals surface area contributed by atoms with E-state index in [1.165, 1.54) is 0 Å². The van der Waals surface area contributed by atoms with Crippen molar-refractivity contribution in [1.82, 2.24) is 14.8 Å². The van der Waals surface area contributed by atoms with Gasteiger partial charge >= 0.3 is 0 Å². The Morgan fingerprint density at radius 3 is 2.94 bits per heavy atom. The molecule has 2 rings (SSSR count). The molecule has 6 heteroatoms. The van der Waals surface area contributed by atoms with Crippen LogP contribution in [0.25, 0.3) is 0 Å². The molecule has 2 aromatic rings. The van der Waals surface area contributed by atoms with Gasteiger partial charge in [-0.05, 0) is 25.1 Å². The van der Waals surface area contributed by atoms with Crippen LogP contribution in [0.5, 0.6) is 5.75 Å². The van der Waals surface area contributed by atoms with E-state index in [4.69, 9.17) is 10.5 Å². The monoisotopic (exact) mass is 264 g/mol. The van der Waals surface area contributed by atoms with Crippen LogP contribution < -0.4 is 10.5 Å². The number of nitrogens with zero attached hydrogens (tertiary/aromatic N) is 3. The maximum atomic E-state index is 5.94. The van der Waals surface area contributed by atoms with Crippen LogP contribution in [0.1, 0.15) is 12.7 Å². The molecular formula is C12H16N4OS. The van der Waals surface area contributed by atoms with E-state index in [0.717, 1.165) is 27.9 Å². The number of rotatable bonds is 5. The van der Waals surface area contributed by atoms with Gasteiger partial charge < -0.3 is 10.5 Å². The zero-order valence-electron chi connectivity index (χ0n) is 10.5. The first kappa shape index (κ1) is 12.8. The Bertz CT molecular complexity index is 527. The predicted molar refractivity (Wildman–Crippen MR) is 72.6 cm³/mol. The van der Waals surface area contributed by atoms with E-state index >= 15 is 0 Å². The number of benzene rings is 1. The van der Waals surface area contributed by atoms with Crippen LogP contribution in [0.2, 0.25) is 0 Å². The van der Waals surface area contributed by atoms with E-state index in [2.05, 4.69) is 10.1 Å². The van der Waals surface area contributed by atoms with Crippen molar-refractivity contribution in [2.75, 3.05) is 12.3 Å². The average molecular weight is 264 g/mol. The quantitative estimate of drug-likeness (QED) is 0.661. The fraction of sp³-hybridized carbons (Fsp3) is 0.333. The third-order valence-corrected chi connectivity index (χ3v) is 3.53. The number of thioether (sulfide) groups is 1. The zero-order chi connectivity index (χ0) is 13.0. The Hall–Kier alpha value is -1.69. The highest BCUT2D eigenvalue weighted by Gasteiger charge is 2.06. The molecule has 18 heavy (non-hydrogen) atoms. The topological polar surface area (TPSA) is 66.0 Å². The molecule has 0 saturated carbocycles. The van der Waals surface area contributed by atoms with Crippen molar-refractivity contribution in [2.24, 2.45) is 7.05 Å². The maximum Gasteiger partial charge on any atom is 0.138 e. The zero-order valence-corrected chi connectivity index (χ0v) is 11.3. The average Bonchev–Trinajstić information content (AvgIpc) is 2.76. The number of hydrogen-bond donors (Lipinski definition) is 1. The normalized spacial score (nSPS) is 10.6. The van der Waals surface area contributed by atoms with Gasteiger partial charge in [-0.2, -0.15) is 5.10 Å². The molecule has 0 bridgehead atoms. The van der Waals surface area contributed by atoms with Gasteiger partial charge in [0.15, 0.2) is 0 Å².